The zero-order chi connectivity index (χ0) is 13.1. The minimum atomic E-state index is -0.315. The van der Waals surface area contributed by atoms with Gasteiger partial charge in [0, 0.05) is 25.2 Å². The fourth-order valence-corrected chi connectivity index (χ4v) is 2.59. The van der Waals surface area contributed by atoms with E-state index in [0.29, 0.717) is 11.6 Å². The molecule has 0 bridgehead atoms. The number of anilines is 1. The Morgan fingerprint density at radius 1 is 1.50 bits per heavy atom. The molecule has 1 aromatic rings. The second-order valence-electron chi connectivity index (χ2n) is 4.81. The van der Waals surface area contributed by atoms with Crippen LogP contribution in [0.4, 0.5) is 11.4 Å². The van der Waals surface area contributed by atoms with E-state index >= 15 is 0 Å². The zero-order valence-electron chi connectivity index (χ0n) is 10.6. The Bertz CT molecular complexity index is 436. The second-order valence-corrected chi connectivity index (χ2v) is 4.81. The molecule has 0 aromatic heterocycles. The van der Waals surface area contributed by atoms with Crippen LogP contribution in [0.3, 0.4) is 0 Å². The topological polar surface area (TPSA) is 72.4 Å². The quantitative estimate of drug-likeness (QED) is 0.658. The fraction of sp³-hybridized carbons (Fsp3) is 0.538. The van der Waals surface area contributed by atoms with Gasteiger partial charge in [0.25, 0.3) is 5.69 Å². The van der Waals surface area contributed by atoms with Gasteiger partial charge in [-0.1, -0.05) is 25.5 Å². The Kier molecular flexibility index (Phi) is 3.81. The molecule has 98 valence electrons. The number of hydrogen-bond acceptors (Lipinski definition) is 4. The molecule has 1 aromatic carbocycles. The van der Waals surface area contributed by atoms with Gasteiger partial charge in [0.05, 0.1) is 4.92 Å². The molecule has 2 atom stereocenters. The van der Waals surface area contributed by atoms with Crippen LogP contribution in [0.25, 0.3) is 0 Å². The zero-order valence-corrected chi connectivity index (χ0v) is 10.6. The number of para-hydroxylation sites is 2. The normalized spacial score (nSPS) is 24.0. The van der Waals surface area contributed by atoms with Gasteiger partial charge in [0.15, 0.2) is 0 Å². The van der Waals surface area contributed by atoms with Gasteiger partial charge in [-0.2, -0.15) is 0 Å². The summed E-state index contributed by atoms with van der Waals surface area (Å²) < 4.78 is 0. The van der Waals surface area contributed by atoms with E-state index in [1.54, 1.807) is 12.1 Å². The summed E-state index contributed by atoms with van der Waals surface area (Å²) in [6.07, 6.45) is 1.91. The Labute approximate surface area is 107 Å². The van der Waals surface area contributed by atoms with Crippen LogP contribution in [-0.2, 0) is 0 Å². The monoisotopic (exact) mass is 249 g/mol. The average Bonchev–Trinajstić information content (AvgIpc) is 2.39. The Morgan fingerprint density at radius 2 is 2.22 bits per heavy atom. The number of nitrogens with zero attached hydrogens (tertiary/aromatic N) is 2. The third-order valence-corrected chi connectivity index (χ3v) is 3.74. The summed E-state index contributed by atoms with van der Waals surface area (Å²) in [5, 5.41) is 11.0. The molecule has 1 heterocycles. The molecule has 2 unspecified atom stereocenters. The van der Waals surface area contributed by atoms with Crippen molar-refractivity contribution in [3.8, 4) is 0 Å². The summed E-state index contributed by atoms with van der Waals surface area (Å²) in [7, 11) is 0. The number of nitro groups is 1. The molecule has 18 heavy (non-hydrogen) atoms. The minimum absolute atomic E-state index is 0.183. The molecule has 0 aliphatic carbocycles. The van der Waals surface area contributed by atoms with Gasteiger partial charge < -0.3 is 10.6 Å². The Morgan fingerprint density at radius 3 is 2.89 bits per heavy atom. The highest BCUT2D eigenvalue weighted by molar-refractivity contribution is 5.63. The number of piperidine rings is 1. The van der Waals surface area contributed by atoms with E-state index in [2.05, 4.69) is 11.8 Å². The molecule has 5 nitrogen and oxygen atoms in total. The molecule has 0 radical (unpaired) electrons. The maximum absolute atomic E-state index is 11.0. The number of nitro benzene ring substituents is 1. The average molecular weight is 249 g/mol. The van der Waals surface area contributed by atoms with E-state index in [1.165, 1.54) is 0 Å². The van der Waals surface area contributed by atoms with Crippen LogP contribution in [0, 0.1) is 16.0 Å². The van der Waals surface area contributed by atoms with Crippen molar-refractivity contribution in [3.63, 3.8) is 0 Å². The highest BCUT2D eigenvalue weighted by Crippen LogP contribution is 2.31. The van der Waals surface area contributed by atoms with Crippen molar-refractivity contribution in [2.75, 3.05) is 18.0 Å². The molecule has 0 amide bonds. The van der Waals surface area contributed by atoms with Gasteiger partial charge in [-0.3, -0.25) is 10.1 Å². The van der Waals surface area contributed by atoms with E-state index in [9.17, 15) is 10.1 Å². The lowest BCUT2D eigenvalue weighted by Crippen LogP contribution is -2.47. The lowest BCUT2D eigenvalue weighted by atomic mass is 9.90. The third kappa shape index (κ3) is 2.46. The standard InChI is InChI=1S/C13H19N3O2/c1-2-10-9-15(8-7-11(10)14)12-5-3-4-6-13(12)16(17)18/h3-6,10-11H,2,7-9,14H2,1H3. The molecule has 1 aliphatic heterocycles. The predicted molar refractivity (Wildman–Crippen MR) is 71.7 cm³/mol. The molecule has 1 fully saturated rings. The van der Waals surface area contributed by atoms with Crippen molar-refractivity contribution in [1.82, 2.24) is 0 Å². The SMILES string of the molecule is CCC1CN(c2ccccc2[N+](=O)[O-])CCC1N. The van der Waals surface area contributed by atoms with Crippen molar-refractivity contribution in [2.45, 2.75) is 25.8 Å². The first-order valence-corrected chi connectivity index (χ1v) is 6.37. The van der Waals surface area contributed by atoms with Gasteiger partial charge in [0.2, 0.25) is 0 Å². The van der Waals surface area contributed by atoms with Crippen LogP contribution >= 0.6 is 0 Å². The first kappa shape index (κ1) is 12.8. The molecule has 2 rings (SSSR count). The van der Waals surface area contributed by atoms with Gasteiger partial charge in [0.1, 0.15) is 5.69 Å². The van der Waals surface area contributed by atoms with Crippen molar-refractivity contribution < 1.29 is 4.92 Å². The summed E-state index contributed by atoms with van der Waals surface area (Å²) in [5.41, 5.74) is 6.97. The largest absolute Gasteiger partial charge is 0.366 e. The fourth-order valence-electron chi connectivity index (χ4n) is 2.59. The first-order valence-electron chi connectivity index (χ1n) is 6.37. The van der Waals surface area contributed by atoms with Crippen molar-refractivity contribution in [3.05, 3.63) is 34.4 Å². The summed E-state index contributed by atoms with van der Waals surface area (Å²) in [6, 6.07) is 7.15. The van der Waals surface area contributed by atoms with E-state index < -0.39 is 0 Å². The molecular weight excluding hydrogens is 230 g/mol. The third-order valence-electron chi connectivity index (χ3n) is 3.74. The lowest BCUT2D eigenvalue weighted by molar-refractivity contribution is -0.384. The van der Waals surface area contributed by atoms with Gasteiger partial charge in [-0.25, -0.2) is 0 Å². The van der Waals surface area contributed by atoms with Crippen LogP contribution in [0.5, 0.6) is 0 Å². The van der Waals surface area contributed by atoms with E-state index in [1.807, 2.05) is 12.1 Å². The van der Waals surface area contributed by atoms with Crippen molar-refractivity contribution in [2.24, 2.45) is 11.7 Å². The van der Waals surface area contributed by atoms with Crippen LogP contribution in [0.1, 0.15) is 19.8 Å². The van der Waals surface area contributed by atoms with Crippen LogP contribution in [0.2, 0.25) is 0 Å². The molecule has 0 spiro atoms. The summed E-state index contributed by atoms with van der Waals surface area (Å²) >= 11 is 0. The molecular formula is C13H19N3O2. The maximum Gasteiger partial charge on any atom is 0.292 e. The number of benzene rings is 1. The molecule has 1 aliphatic rings. The summed E-state index contributed by atoms with van der Waals surface area (Å²) in [5.74, 6) is 0.415. The van der Waals surface area contributed by atoms with Gasteiger partial charge in [-0.05, 0) is 18.4 Å². The minimum Gasteiger partial charge on any atom is -0.366 e. The number of rotatable bonds is 3. The van der Waals surface area contributed by atoms with E-state index in [0.717, 1.165) is 25.9 Å². The summed E-state index contributed by atoms with van der Waals surface area (Å²) in [6.45, 7) is 3.72. The van der Waals surface area contributed by atoms with Crippen LogP contribution in [0.15, 0.2) is 24.3 Å². The highest BCUT2D eigenvalue weighted by atomic mass is 16.6. The molecule has 0 saturated carbocycles. The van der Waals surface area contributed by atoms with Crippen molar-refractivity contribution in [1.29, 1.82) is 0 Å². The highest BCUT2D eigenvalue weighted by Gasteiger charge is 2.28. The summed E-state index contributed by atoms with van der Waals surface area (Å²) in [4.78, 5) is 12.8. The predicted octanol–water partition coefficient (Wildman–Crippen LogP) is 2.16. The van der Waals surface area contributed by atoms with Gasteiger partial charge in [-0.15, -0.1) is 0 Å². The van der Waals surface area contributed by atoms with Crippen LogP contribution < -0.4 is 10.6 Å². The van der Waals surface area contributed by atoms with Crippen LogP contribution in [-0.4, -0.2) is 24.1 Å². The maximum atomic E-state index is 11.0. The molecule has 5 heteroatoms. The van der Waals surface area contributed by atoms with Gasteiger partial charge >= 0.3 is 0 Å². The van der Waals surface area contributed by atoms with E-state index in [4.69, 9.17) is 5.73 Å². The lowest BCUT2D eigenvalue weighted by Gasteiger charge is -2.37. The molecule has 1 saturated heterocycles. The number of hydrogen-bond donors (Lipinski definition) is 1. The Hall–Kier alpha value is -1.62. The smallest absolute Gasteiger partial charge is 0.292 e. The first-order chi connectivity index (χ1) is 8.63. The Balaban J connectivity index is 2.24. The second kappa shape index (κ2) is 5.35. The number of nitrogens with two attached hydrogens (primary N) is 1. The van der Waals surface area contributed by atoms with Crippen molar-refractivity contribution >= 4 is 11.4 Å². The van der Waals surface area contributed by atoms with E-state index in [-0.39, 0.29) is 16.7 Å². The molecule has 2 N–H and O–H groups in total.